The maximum atomic E-state index is 14.4. The van der Waals surface area contributed by atoms with Crippen LogP contribution in [0.2, 0.25) is 0 Å². The second-order valence-corrected chi connectivity index (χ2v) is 11.0. The third-order valence-corrected chi connectivity index (χ3v) is 8.28. The fourth-order valence-corrected chi connectivity index (χ4v) is 6.08. The Morgan fingerprint density at radius 2 is 2.13 bits per heavy atom. The van der Waals surface area contributed by atoms with Crippen LogP contribution in [0.4, 0.5) is 10.1 Å². The van der Waals surface area contributed by atoms with Crippen molar-refractivity contribution in [2.75, 3.05) is 11.9 Å². The number of fused-ring (bicyclic) bond motifs is 1. The SMILES string of the molecule is Cn1cnnc1C1(c2cccc(NC(=O)c3cc(CNCC4(F)CCC4)cn4ccnc34)c2)CC(CC#N)C1. The fourth-order valence-electron chi connectivity index (χ4n) is 6.08. The molecule has 1 amide bonds. The van der Waals surface area contributed by atoms with Gasteiger partial charge in [0, 0.05) is 50.8 Å². The number of amides is 1. The van der Waals surface area contributed by atoms with Gasteiger partial charge in [-0.1, -0.05) is 12.1 Å². The molecule has 39 heavy (non-hydrogen) atoms. The number of hydrogen-bond acceptors (Lipinski definition) is 6. The summed E-state index contributed by atoms with van der Waals surface area (Å²) in [6.45, 7) is 0.769. The van der Waals surface area contributed by atoms with Gasteiger partial charge in [0.05, 0.1) is 17.0 Å². The third-order valence-electron chi connectivity index (χ3n) is 8.28. The molecule has 0 aliphatic heterocycles. The van der Waals surface area contributed by atoms with E-state index < -0.39 is 5.67 Å². The molecule has 0 radical (unpaired) electrons. The summed E-state index contributed by atoms with van der Waals surface area (Å²) in [5.41, 5.74) is 2.12. The number of hydrogen-bond donors (Lipinski definition) is 2. The molecule has 2 fully saturated rings. The number of aromatic nitrogens is 5. The third kappa shape index (κ3) is 4.68. The average Bonchev–Trinajstić information content (AvgIpc) is 3.53. The lowest BCUT2D eigenvalue weighted by Crippen LogP contribution is -2.44. The number of benzene rings is 1. The Balaban J connectivity index is 1.24. The van der Waals surface area contributed by atoms with Gasteiger partial charge in [-0.25, -0.2) is 9.37 Å². The number of nitriles is 1. The molecule has 10 heteroatoms. The van der Waals surface area contributed by atoms with Crippen molar-refractivity contribution >= 4 is 17.2 Å². The van der Waals surface area contributed by atoms with Crippen LogP contribution in [0.5, 0.6) is 0 Å². The van der Waals surface area contributed by atoms with Crippen molar-refractivity contribution in [1.82, 2.24) is 29.5 Å². The highest BCUT2D eigenvalue weighted by Gasteiger charge is 2.49. The molecular weight excluding hydrogens is 495 g/mol. The van der Waals surface area contributed by atoms with Gasteiger partial charge >= 0.3 is 0 Å². The largest absolute Gasteiger partial charge is 0.322 e. The zero-order valence-corrected chi connectivity index (χ0v) is 21.9. The van der Waals surface area contributed by atoms with E-state index in [1.54, 1.807) is 18.7 Å². The molecule has 0 unspecified atom stereocenters. The van der Waals surface area contributed by atoms with Crippen LogP contribution in [0.25, 0.3) is 5.65 Å². The predicted molar refractivity (Wildman–Crippen MR) is 144 cm³/mol. The standard InChI is InChI=1S/C29H31FN8O/c1-37-19-34-36-27(37)29(14-20(15-29)6-9-31)22-4-2-5-23(13-22)35-26(39)24-12-21(17-38-11-10-33-25(24)38)16-32-18-28(30)7-3-8-28/h2,4-5,10-13,17,19-20,32H,3,6-8,14-16,18H2,1H3,(H,35,39). The van der Waals surface area contributed by atoms with E-state index in [1.807, 2.05) is 52.5 Å². The number of carbonyl (C=O) groups excluding carboxylic acids is 1. The number of anilines is 1. The Labute approximate surface area is 226 Å². The van der Waals surface area contributed by atoms with Gasteiger partial charge < -0.3 is 19.6 Å². The summed E-state index contributed by atoms with van der Waals surface area (Å²) in [7, 11) is 1.93. The normalized spacial score (nSPS) is 21.6. The molecule has 2 saturated carbocycles. The van der Waals surface area contributed by atoms with Gasteiger partial charge in [0.2, 0.25) is 0 Å². The molecule has 2 aliphatic rings. The first kappa shape index (κ1) is 25.2. The van der Waals surface area contributed by atoms with Gasteiger partial charge in [-0.05, 0) is 67.3 Å². The van der Waals surface area contributed by atoms with Crippen LogP contribution in [-0.4, -0.2) is 42.3 Å². The molecular formula is C29H31FN8O. The molecule has 9 nitrogen and oxygen atoms in total. The molecule has 0 spiro atoms. The number of carbonyl (C=O) groups is 1. The number of halogens is 1. The Morgan fingerprint density at radius 1 is 1.28 bits per heavy atom. The highest BCUT2D eigenvalue weighted by Crippen LogP contribution is 2.53. The van der Waals surface area contributed by atoms with Gasteiger partial charge in [0.25, 0.3) is 5.91 Å². The quantitative estimate of drug-likeness (QED) is 0.336. The predicted octanol–water partition coefficient (Wildman–Crippen LogP) is 4.31. The Kier molecular flexibility index (Phi) is 6.39. The minimum atomic E-state index is -1.11. The van der Waals surface area contributed by atoms with E-state index in [1.165, 1.54) is 0 Å². The van der Waals surface area contributed by atoms with Crippen molar-refractivity contribution in [3.8, 4) is 6.07 Å². The summed E-state index contributed by atoms with van der Waals surface area (Å²) >= 11 is 0. The van der Waals surface area contributed by atoms with Gasteiger partial charge in [-0.2, -0.15) is 5.26 Å². The number of alkyl halides is 1. The Morgan fingerprint density at radius 3 is 2.85 bits per heavy atom. The van der Waals surface area contributed by atoms with Crippen LogP contribution in [0.1, 0.15) is 65.8 Å². The van der Waals surface area contributed by atoms with Crippen molar-refractivity contribution in [3.63, 3.8) is 0 Å². The summed E-state index contributed by atoms with van der Waals surface area (Å²) in [5, 5.41) is 24.0. The van der Waals surface area contributed by atoms with Crippen LogP contribution in [0.15, 0.2) is 55.2 Å². The fraction of sp³-hybridized carbons (Fsp3) is 0.414. The number of imidazole rings is 1. The lowest BCUT2D eigenvalue weighted by atomic mass is 9.57. The molecule has 2 N–H and O–H groups in total. The minimum Gasteiger partial charge on any atom is -0.322 e. The number of pyridine rings is 1. The van der Waals surface area contributed by atoms with E-state index in [0.717, 1.165) is 36.2 Å². The average molecular weight is 527 g/mol. The molecule has 0 bridgehead atoms. The smallest absolute Gasteiger partial charge is 0.259 e. The number of nitrogens with one attached hydrogen (secondary N) is 2. The monoisotopic (exact) mass is 526 g/mol. The lowest BCUT2D eigenvalue weighted by molar-refractivity contribution is 0.0630. The first-order valence-electron chi connectivity index (χ1n) is 13.4. The molecule has 2 aliphatic carbocycles. The number of aryl methyl sites for hydroxylation is 1. The molecule has 6 rings (SSSR count). The number of rotatable bonds is 9. The molecule has 3 aromatic heterocycles. The van der Waals surface area contributed by atoms with Crippen molar-refractivity contribution in [2.24, 2.45) is 13.0 Å². The summed E-state index contributed by atoms with van der Waals surface area (Å²) in [6, 6.07) is 11.9. The topological polar surface area (TPSA) is 113 Å². The van der Waals surface area contributed by atoms with E-state index in [-0.39, 0.29) is 11.3 Å². The van der Waals surface area contributed by atoms with Crippen LogP contribution in [0.3, 0.4) is 0 Å². The molecule has 0 saturated heterocycles. The minimum absolute atomic E-state index is 0.269. The first-order chi connectivity index (χ1) is 18.9. The second kappa shape index (κ2) is 9.89. The van der Waals surface area contributed by atoms with E-state index >= 15 is 0 Å². The summed E-state index contributed by atoms with van der Waals surface area (Å²) in [6.07, 6.45) is 11.3. The summed E-state index contributed by atoms with van der Waals surface area (Å²) in [4.78, 5) is 17.9. The molecule has 0 atom stereocenters. The Bertz CT molecular complexity index is 1560. The van der Waals surface area contributed by atoms with Crippen molar-refractivity contribution < 1.29 is 9.18 Å². The molecule has 4 aromatic rings. The van der Waals surface area contributed by atoms with E-state index in [0.29, 0.717) is 55.2 Å². The zero-order valence-electron chi connectivity index (χ0n) is 21.9. The number of nitrogens with zero attached hydrogens (tertiary/aromatic N) is 6. The van der Waals surface area contributed by atoms with Gasteiger partial charge in [-0.3, -0.25) is 4.79 Å². The van der Waals surface area contributed by atoms with E-state index in [4.69, 9.17) is 0 Å². The Hall–Kier alpha value is -4.10. The highest BCUT2D eigenvalue weighted by molar-refractivity contribution is 6.08. The first-order valence-corrected chi connectivity index (χ1v) is 13.4. The maximum Gasteiger partial charge on any atom is 0.259 e. The van der Waals surface area contributed by atoms with Crippen molar-refractivity contribution in [2.45, 2.75) is 56.2 Å². The molecule has 3 heterocycles. The maximum absolute atomic E-state index is 14.4. The van der Waals surface area contributed by atoms with Crippen molar-refractivity contribution in [3.05, 3.63) is 77.8 Å². The van der Waals surface area contributed by atoms with Crippen LogP contribution in [-0.2, 0) is 19.0 Å². The summed E-state index contributed by atoms with van der Waals surface area (Å²) < 4.78 is 18.2. The second-order valence-electron chi connectivity index (χ2n) is 11.0. The highest BCUT2D eigenvalue weighted by atomic mass is 19.1. The van der Waals surface area contributed by atoms with E-state index in [9.17, 15) is 14.4 Å². The van der Waals surface area contributed by atoms with Gasteiger partial charge in [0.15, 0.2) is 0 Å². The molecule has 1 aromatic carbocycles. The lowest BCUT2D eigenvalue weighted by Gasteiger charge is -2.46. The van der Waals surface area contributed by atoms with Crippen LogP contribution < -0.4 is 10.6 Å². The van der Waals surface area contributed by atoms with E-state index in [2.05, 4.69) is 31.9 Å². The van der Waals surface area contributed by atoms with Crippen molar-refractivity contribution in [1.29, 1.82) is 5.26 Å². The van der Waals surface area contributed by atoms with Crippen LogP contribution >= 0.6 is 0 Å². The zero-order chi connectivity index (χ0) is 27.0. The molecule has 200 valence electrons. The van der Waals surface area contributed by atoms with Crippen LogP contribution in [0, 0.1) is 17.2 Å². The van der Waals surface area contributed by atoms with Gasteiger partial charge in [-0.15, -0.1) is 10.2 Å². The summed E-state index contributed by atoms with van der Waals surface area (Å²) in [5.74, 6) is 0.887. The van der Waals surface area contributed by atoms with Gasteiger partial charge in [0.1, 0.15) is 23.5 Å².